The molecular weight excluding hydrogens is 307 g/mol. The van der Waals surface area contributed by atoms with Crippen LogP contribution in [0.5, 0.6) is 5.88 Å². The third kappa shape index (κ3) is 3.49. The third-order valence-corrected chi connectivity index (χ3v) is 2.99. The number of halogens is 4. The van der Waals surface area contributed by atoms with E-state index in [1.54, 1.807) is 0 Å². The fourth-order valence-corrected chi connectivity index (χ4v) is 1.76. The van der Waals surface area contributed by atoms with Crippen LogP contribution in [-0.2, 0) is 6.18 Å². The van der Waals surface area contributed by atoms with E-state index in [1.807, 2.05) is 0 Å². The zero-order valence-electron chi connectivity index (χ0n) is 10.8. The van der Waals surface area contributed by atoms with Gasteiger partial charge in [-0.1, -0.05) is 11.6 Å². The average Bonchev–Trinajstić information content (AvgIpc) is 2.42. The molecular formula is C13H11ClF3N3O. The van der Waals surface area contributed by atoms with Gasteiger partial charge in [-0.15, -0.1) is 0 Å². The van der Waals surface area contributed by atoms with Gasteiger partial charge in [-0.25, -0.2) is 0 Å². The van der Waals surface area contributed by atoms with Gasteiger partial charge >= 0.3 is 6.18 Å². The summed E-state index contributed by atoms with van der Waals surface area (Å²) in [5, 5.41) is 2.80. The SMILES string of the molecule is COc1ccc(N)c(Nc2cc(C(F)(F)F)ccc2Cl)n1. The van der Waals surface area contributed by atoms with Gasteiger partial charge in [0.1, 0.15) is 0 Å². The maximum Gasteiger partial charge on any atom is 0.416 e. The number of pyridine rings is 1. The molecule has 0 amide bonds. The second-order valence-electron chi connectivity index (χ2n) is 4.11. The van der Waals surface area contributed by atoms with Gasteiger partial charge in [0, 0.05) is 6.07 Å². The van der Waals surface area contributed by atoms with Gasteiger partial charge in [-0.3, -0.25) is 0 Å². The number of nitrogens with two attached hydrogens (primary N) is 1. The molecule has 8 heteroatoms. The van der Waals surface area contributed by atoms with Crippen molar-refractivity contribution in [2.45, 2.75) is 6.18 Å². The predicted octanol–water partition coefficient (Wildman–Crippen LogP) is 4.09. The summed E-state index contributed by atoms with van der Waals surface area (Å²) in [5.41, 5.74) is 5.21. The van der Waals surface area contributed by atoms with Gasteiger partial charge < -0.3 is 15.8 Å². The van der Waals surface area contributed by atoms with Crippen molar-refractivity contribution >= 4 is 28.8 Å². The molecule has 2 aromatic rings. The zero-order chi connectivity index (χ0) is 15.6. The van der Waals surface area contributed by atoms with Crippen LogP contribution in [0, 0.1) is 0 Å². The predicted molar refractivity (Wildman–Crippen MR) is 74.9 cm³/mol. The molecule has 112 valence electrons. The second-order valence-corrected chi connectivity index (χ2v) is 4.52. The summed E-state index contributed by atoms with van der Waals surface area (Å²) in [7, 11) is 1.42. The molecule has 0 fully saturated rings. The Kier molecular flexibility index (Phi) is 4.13. The van der Waals surface area contributed by atoms with E-state index in [2.05, 4.69) is 10.3 Å². The van der Waals surface area contributed by atoms with E-state index in [-0.39, 0.29) is 28.1 Å². The molecule has 1 aromatic heterocycles. The van der Waals surface area contributed by atoms with Crippen LogP contribution in [0.1, 0.15) is 5.56 Å². The van der Waals surface area contributed by atoms with Gasteiger partial charge in [0.15, 0.2) is 5.82 Å². The molecule has 4 nitrogen and oxygen atoms in total. The van der Waals surface area contributed by atoms with Crippen molar-refractivity contribution in [1.29, 1.82) is 0 Å². The van der Waals surface area contributed by atoms with Gasteiger partial charge in [-0.2, -0.15) is 18.2 Å². The number of nitrogen functional groups attached to an aromatic ring is 1. The maximum absolute atomic E-state index is 12.7. The van der Waals surface area contributed by atoms with E-state index in [4.69, 9.17) is 22.1 Å². The highest BCUT2D eigenvalue weighted by molar-refractivity contribution is 6.33. The van der Waals surface area contributed by atoms with Crippen molar-refractivity contribution in [1.82, 2.24) is 4.98 Å². The monoisotopic (exact) mass is 317 g/mol. The van der Waals surface area contributed by atoms with E-state index in [0.29, 0.717) is 0 Å². The minimum absolute atomic E-state index is 0.0546. The summed E-state index contributed by atoms with van der Waals surface area (Å²) in [4.78, 5) is 4.02. The Morgan fingerprint density at radius 3 is 2.57 bits per heavy atom. The van der Waals surface area contributed by atoms with Gasteiger partial charge in [0.2, 0.25) is 5.88 Å². The lowest BCUT2D eigenvalue weighted by molar-refractivity contribution is -0.137. The Balaban J connectivity index is 2.39. The highest BCUT2D eigenvalue weighted by atomic mass is 35.5. The Hall–Kier alpha value is -2.15. The van der Waals surface area contributed by atoms with E-state index >= 15 is 0 Å². The van der Waals surface area contributed by atoms with Crippen molar-refractivity contribution in [3.63, 3.8) is 0 Å². The summed E-state index contributed by atoms with van der Waals surface area (Å²) in [6.07, 6.45) is -4.46. The molecule has 0 aliphatic carbocycles. The number of alkyl halides is 3. The Morgan fingerprint density at radius 2 is 1.95 bits per heavy atom. The molecule has 21 heavy (non-hydrogen) atoms. The van der Waals surface area contributed by atoms with Crippen LogP contribution in [0.25, 0.3) is 0 Å². The number of hydrogen-bond acceptors (Lipinski definition) is 4. The smallest absolute Gasteiger partial charge is 0.416 e. The normalized spacial score (nSPS) is 11.3. The zero-order valence-corrected chi connectivity index (χ0v) is 11.6. The minimum Gasteiger partial charge on any atom is -0.481 e. The number of nitrogens with one attached hydrogen (secondary N) is 1. The van der Waals surface area contributed by atoms with Crippen molar-refractivity contribution in [3.05, 3.63) is 40.9 Å². The highest BCUT2D eigenvalue weighted by Gasteiger charge is 2.31. The Bertz CT molecular complexity index is 662. The van der Waals surface area contributed by atoms with Crippen molar-refractivity contribution in [3.8, 4) is 5.88 Å². The molecule has 2 rings (SSSR count). The number of aromatic nitrogens is 1. The molecule has 0 saturated heterocycles. The van der Waals surface area contributed by atoms with Crippen LogP contribution in [-0.4, -0.2) is 12.1 Å². The van der Waals surface area contributed by atoms with Crippen molar-refractivity contribution in [2.24, 2.45) is 0 Å². The van der Waals surface area contributed by atoms with Gasteiger partial charge in [0.25, 0.3) is 0 Å². The van der Waals surface area contributed by atoms with Crippen molar-refractivity contribution < 1.29 is 17.9 Å². The lowest BCUT2D eigenvalue weighted by Gasteiger charge is -2.13. The van der Waals surface area contributed by atoms with Crippen LogP contribution in [0.15, 0.2) is 30.3 Å². The maximum atomic E-state index is 12.7. The first-order valence-electron chi connectivity index (χ1n) is 5.75. The Labute approximate surface area is 123 Å². The first-order valence-corrected chi connectivity index (χ1v) is 6.13. The number of nitrogens with zero attached hydrogens (tertiary/aromatic N) is 1. The van der Waals surface area contributed by atoms with Crippen LogP contribution in [0.4, 0.5) is 30.4 Å². The standard InChI is InChI=1S/C13H11ClF3N3O/c1-21-11-5-4-9(18)12(20-11)19-10-6-7(13(15,16)17)2-3-8(10)14/h2-6H,18H2,1H3,(H,19,20). The van der Waals surface area contributed by atoms with Gasteiger partial charge in [-0.05, 0) is 24.3 Å². The number of benzene rings is 1. The number of methoxy groups -OCH3 is 1. The lowest BCUT2D eigenvalue weighted by atomic mass is 10.2. The summed E-state index contributed by atoms with van der Waals surface area (Å²) >= 11 is 5.89. The molecule has 0 bridgehead atoms. The largest absolute Gasteiger partial charge is 0.481 e. The van der Waals surface area contributed by atoms with E-state index < -0.39 is 11.7 Å². The first kappa shape index (κ1) is 15.2. The Morgan fingerprint density at radius 1 is 1.24 bits per heavy atom. The molecule has 0 saturated carbocycles. The van der Waals surface area contributed by atoms with Crippen LogP contribution < -0.4 is 15.8 Å². The summed E-state index contributed by atoms with van der Waals surface area (Å²) < 4.78 is 43.1. The molecule has 1 heterocycles. The quantitative estimate of drug-likeness (QED) is 0.895. The highest BCUT2D eigenvalue weighted by Crippen LogP contribution is 2.35. The lowest BCUT2D eigenvalue weighted by Crippen LogP contribution is -2.06. The molecule has 0 spiro atoms. The number of anilines is 3. The second kappa shape index (κ2) is 5.69. The topological polar surface area (TPSA) is 60.2 Å². The van der Waals surface area contributed by atoms with Crippen LogP contribution in [0.2, 0.25) is 5.02 Å². The molecule has 3 N–H and O–H groups in total. The molecule has 1 aromatic carbocycles. The van der Waals surface area contributed by atoms with E-state index in [9.17, 15) is 13.2 Å². The first-order chi connectivity index (χ1) is 9.81. The fraction of sp³-hybridized carbons (Fsp3) is 0.154. The van der Waals surface area contributed by atoms with Crippen LogP contribution in [0.3, 0.4) is 0 Å². The number of hydrogen-bond donors (Lipinski definition) is 2. The number of ether oxygens (including phenoxy) is 1. The minimum atomic E-state index is -4.46. The fourth-order valence-electron chi connectivity index (χ4n) is 1.59. The van der Waals surface area contributed by atoms with E-state index in [1.165, 1.54) is 19.2 Å². The molecule has 0 radical (unpaired) electrons. The number of rotatable bonds is 3. The molecule has 0 aliphatic heterocycles. The molecule has 0 aliphatic rings. The van der Waals surface area contributed by atoms with Crippen LogP contribution >= 0.6 is 11.6 Å². The summed E-state index contributed by atoms with van der Waals surface area (Å²) in [6.45, 7) is 0. The van der Waals surface area contributed by atoms with Crippen molar-refractivity contribution in [2.75, 3.05) is 18.2 Å². The average molecular weight is 318 g/mol. The molecule has 0 atom stereocenters. The molecule has 0 unspecified atom stereocenters. The summed E-state index contributed by atoms with van der Waals surface area (Å²) in [6, 6.07) is 6.01. The van der Waals surface area contributed by atoms with Gasteiger partial charge in [0.05, 0.1) is 29.1 Å². The van der Waals surface area contributed by atoms with E-state index in [0.717, 1.165) is 18.2 Å². The third-order valence-electron chi connectivity index (χ3n) is 2.66. The summed E-state index contributed by atoms with van der Waals surface area (Å²) in [5.74, 6) is 0.436.